The van der Waals surface area contributed by atoms with Crippen molar-refractivity contribution in [2.24, 2.45) is 0 Å². The van der Waals surface area contributed by atoms with Crippen LogP contribution in [0.25, 0.3) is 0 Å². The molecule has 0 spiro atoms. The van der Waals surface area contributed by atoms with Gasteiger partial charge in [0.05, 0.1) is 6.42 Å². The van der Waals surface area contributed by atoms with Crippen LogP contribution in [0.3, 0.4) is 0 Å². The summed E-state index contributed by atoms with van der Waals surface area (Å²) in [5, 5.41) is 8.69. The van der Waals surface area contributed by atoms with Gasteiger partial charge < -0.3 is 10.0 Å². The first-order valence-electron chi connectivity index (χ1n) is 5.88. The number of amides is 1. The van der Waals surface area contributed by atoms with Crippen LogP contribution in [-0.2, 0) is 4.79 Å². The topological polar surface area (TPSA) is 70.5 Å². The molecular weight excluding hydrogens is 232 g/mol. The van der Waals surface area contributed by atoms with Crippen LogP contribution >= 0.6 is 0 Å². The van der Waals surface area contributed by atoms with Crippen LogP contribution in [0.1, 0.15) is 36.5 Å². The number of carbonyl (C=O) groups excluding carboxylic acids is 1. The maximum Gasteiger partial charge on any atom is 0.305 e. The first kappa shape index (κ1) is 14.2. The maximum absolute atomic E-state index is 12.2. The van der Waals surface area contributed by atoms with E-state index in [-0.39, 0.29) is 24.9 Å². The Bertz CT molecular complexity index is 444. The van der Waals surface area contributed by atoms with Crippen molar-refractivity contribution >= 4 is 11.9 Å². The lowest BCUT2D eigenvalue weighted by molar-refractivity contribution is -0.137. The average Bonchev–Trinajstić information content (AvgIpc) is 2.28. The van der Waals surface area contributed by atoms with E-state index in [9.17, 15) is 9.59 Å². The number of pyridine rings is 1. The molecule has 0 unspecified atom stereocenters. The van der Waals surface area contributed by atoms with Gasteiger partial charge in [-0.1, -0.05) is 6.07 Å². The predicted octanol–water partition coefficient (Wildman–Crippen LogP) is 1.72. The quantitative estimate of drug-likeness (QED) is 0.863. The number of carboxylic acids is 1. The first-order chi connectivity index (χ1) is 8.41. The molecule has 18 heavy (non-hydrogen) atoms. The molecule has 1 heterocycles. The van der Waals surface area contributed by atoms with E-state index in [2.05, 4.69) is 4.98 Å². The number of rotatable bonds is 5. The van der Waals surface area contributed by atoms with E-state index in [1.54, 1.807) is 12.1 Å². The first-order valence-corrected chi connectivity index (χ1v) is 5.88. The second kappa shape index (κ2) is 6.14. The van der Waals surface area contributed by atoms with E-state index in [1.807, 2.05) is 26.8 Å². The van der Waals surface area contributed by atoms with Gasteiger partial charge in [-0.3, -0.25) is 9.59 Å². The van der Waals surface area contributed by atoms with Crippen molar-refractivity contribution in [1.82, 2.24) is 9.88 Å². The van der Waals surface area contributed by atoms with E-state index in [1.165, 1.54) is 4.90 Å². The number of aliphatic carboxylic acids is 1. The molecule has 0 fully saturated rings. The summed E-state index contributed by atoms with van der Waals surface area (Å²) in [5.74, 6) is -1.14. The molecule has 0 atom stereocenters. The Hall–Kier alpha value is -1.91. The van der Waals surface area contributed by atoms with Crippen molar-refractivity contribution in [3.8, 4) is 0 Å². The number of carboxylic acid groups (broad SMARTS) is 1. The highest BCUT2D eigenvalue weighted by molar-refractivity contribution is 5.92. The van der Waals surface area contributed by atoms with Crippen LogP contribution in [0.2, 0.25) is 0 Å². The highest BCUT2D eigenvalue weighted by atomic mass is 16.4. The Morgan fingerprint density at radius 1 is 1.39 bits per heavy atom. The number of carbonyl (C=O) groups is 2. The predicted molar refractivity (Wildman–Crippen MR) is 67.4 cm³/mol. The number of aromatic nitrogens is 1. The standard InChI is InChI=1S/C13H18N2O3/c1-9(2)15(8-7-12(16)17)13(18)11-6-4-5-10(3)14-11/h4-6,9H,7-8H2,1-3H3,(H,16,17). The summed E-state index contributed by atoms with van der Waals surface area (Å²) in [5.41, 5.74) is 1.12. The molecule has 1 amide bonds. The molecule has 1 aromatic heterocycles. The van der Waals surface area contributed by atoms with E-state index < -0.39 is 5.97 Å². The molecule has 0 radical (unpaired) electrons. The minimum Gasteiger partial charge on any atom is -0.481 e. The fourth-order valence-electron chi connectivity index (χ4n) is 1.62. The van der Waals surface area contributed by atoms with E-state index in [0.29, 0.717) is 5.69 Å². The van der Waals surface area contributed by atoms with Crippen molar-refractivity contribution in [3.63, 3.8) is 0 Å². The van der Waals surface area contributed by atoms with Gasteiger partial charge >= 0.3 is 5.97 Å². The molecule has 0 bridgehead atoms. The van der Waals surface area contributed by atoms with Crippen molar-refractivity contribution in [3.05, 3.63) is 29.6 Å². The summed E-state index contributed by atoms with van der Waals surface area (Å²) in [6.07, 6.45) is -0.0598. The fourth-order valence-corrected chi connectivity index (χ4v) is 1.62. The largest absolute Gasteiger partial charge is 0.481 e. The number of aryl methyl sites for hydroxylation is 1. The highest BCUT2D eigenvalue weighted by Crippen LogP contribution is 2.08. The van der Waals surface area contributed by atoms with Crippen LogP contribution in [-0.4, -0.2) is 39.5 Å². The van der Waals surface area contributed by atoms with Gasteiger partial charge in [0, 0.05) is 18.3 Å². The highest BCUT2D eigenvalue weighted by Gasteiger charge is 2.20. The number of hydrogen-bond acceptors (Lipinski definition) is 3. The molecule has 5 heteroatoms. The summed E-state index contributed by atoms with van der Waals surface area (Å²) in [6.45, 7) is 5.72. The smallest absolute Gasteiger partial charge is 0.305 e. The van der Waals surface area contributed by atoms with Crippen molar-refractivity contribution in [2.75, 3.05) is 6.54 Å². The zero-order chi connectivity index (χ0) is 13.7. The van der Waals surface area contributed by atoms with Gasteiger partial charge in [0.25, 0.3) is 5.91 Å². The maximum atomic E-state index is 12.2. The molecule has 1 aromatic rings. The Morgan fingerprint density at radius 3 is 2.56 bits per heavy atom. The third-order valence-corrected chi connectivity index (χ3v) is 2.56. The summed E-state index contributed by atoms with van der Waals surface area (Å²) in [4.78, 5) is 28.5. The Morgan fingerprint density at radius 2 is 2.06 bits per heavy atom. The van der Waals surface area contributed by atoms with Crippen molar-refractivity contribution < 1.29 is 14.7 Å². The lowest BCUT2D eigenvalue weighted by Gasteiger charge is -2.25. The lowest BCUT2D eigenvalue weighted by atomic mass is 10.2. The molecule has 0 aliphatic carbocycles. The van der Waals surface area contributed by atoms with Gasteiger partial charge in [0.2, 0.25) is 0 Å². The van der Waals surface area contributed by atoms with Crippen LogP contribution in [0.4, 0.5) is 0 Å². The number of nitrogens with zero attached hydrogens (tertiary/aromatic N) is 2. The molecule has 0 saturated carbocycles. The lowest BCUT2D eigenvalue weighted by Crippen LogP contribution is -2.39. The second-order valence-corrected chi connectivity index (χ2v) is 4.40. The van der Waals surface area contributed by atoms with Gasteiger partial charge in [0.15, 0.2) is 0 Å². The van der Waals surface area contributed by atoms with Crippen molar-refractivity contribution in [2.45, 2.75) is 33.2 Å². The normalized spacial score (nSPS) is 10.4. The Labute approximate surface area is 106 Å². The summed E-state index contributed by atoms with van der Waals surface area (Å²) in [7, 11) is 0. The van der Waals surface area contributed by atoms with Gasteiger partial charge in [-0.2, -0.15) is 0 Å². The third-order valence-electron chi connectivity index (χ3n) is 2.56. The van der Waals surface area contributed by atoms with Gasteiger partial charge in [-0.15, -0.1) is 0 Å². The minimum absolute atomic E-state index is 0.0563. The molecular formula is C13H18N2O3. The van der Waals surface area contributed by atoms with Crippen LogP contribution in [0, 0.1) is 6.92 Å². The van der Waals surface area contributed by atoms with Gasteiger partial charge in [-0.05, 0) is 32.9 Å². The zero-order valence-corrected chi connectivity index (χ0v) is 10.9. The molecule has 0 aliphatic rings. The third kappa shape index (κ3) is 3.84. The van der Waals surface area contributed by atoms with Crippen molar-refractivity contribution in [1.29, 1.82) is 0 Å². The molecule has 98 valence electrons. The average molecular weight is 250 g/mol. The Balaban J connectivity index is 2.85. The van der Waals surface area contributed by atoms with Crippen LogP contribution in [0.5, 0.6) is 0 Å². The molecule has 0 aromatic carbocycles. The second-order valence-electron chi connectivity index (χ2n) is 4.40. The van der Waals surface area contributed by atoms with E-state index in [4.69, 9.17) is 5.11 Å². The minimum atomic E-state index is -0.911. The molecule has 0 aliphatic heterocycles. The van der Waals surface area contributed by atoms with Gasteiger partial charge in [0.1, 0.15) is 5.69 Å². The fraction of sp³-hybridized carbons (Fsp3) is 0.462. The molecule has 0 saturated heterocycles. The summed E-state index contributed by atoms with van der Waals surface area (Å²) in [6, 6.07) is 5.17. The molecule has 5 nitrogen and oxygen atoms in total. The molecule has 1 rings (SSSR count). The number of hydrogen-bond donors (Lipinski definition) is 1. The van der Waals surface area contributed by atoms with E-state index in [0.717, 1.165) is 5.69 Å². The SMILES string of the molecule is Cc1cccc(C(=O)N(CCC(=O)O)C(C)C)n1. The van der Waals surface area contributed by atoms with E-state index >= 15 is 0 Å². The summed E-state index contributed by atoms with van der Waals surface area (Å²) >= 11 is 0. The summed E-state index contributed by atoms with van der Waals surface area (Å²) < 4.78 is 0. The van der Waals surface area contributed by atoms with Crippen LogP contribution in [0.15, 0.2) is 18.2 Å². The van der Waals surface area contributed by atoms with Gasteiger partial charge in [-0.25, -0.2) is 4.98 Å². The molecule has 1 N–H and O–H groups in total. The zero-order valence-electron chi connectivity index (χ0n) is 10.9. The monoisotopic (exact) mass is 250 g/mol. The Kier molecular flexibility index (Phi) is 4.83. The van der Waals surface area contributed by atoms with Crippen LogP contribution < -0.4 is 0 Å².